The number of aliphatic hydroxyl groups is 2. The van der Waals surface area contributed by atoms with Crippen LogP contribution in [-0.4, -0.2) is 59.9 Å². The molecule has 5 atom stereocenters. The Kier molecular flexibility index (Phi) is 7.44. The van der Waals surface area contributed by atoms with Crippen LogP contribution in [0.5, 0.6) is 0 Å². The van der Waals surface area contributed by atoms with Crippen molar-refractivity contribution in [3.63, 3.8) is 0 Å². The van der Waals surface area contributed by atoms with Crippen LogP contribution in [0.3, 0.4) is 0 Å². The third-order valence-corrected chi connectivity index (χ3v) is 6.06. The SMILES string of the molecule is NC(=O)CCC[C@H](C#Cc1cccc(C(N)=O)c1)C[C@H]1O[C@@H](n2cnc3c(N)ncnc32)[C@H](O)[C@@H]1O. The van der Waals surface area contributed by atoms with Crippen molar-refractivity contribution >= 4 is 28.8 Å². The molecule has 188 valence electrons. The van der Waals surface area contributed by atoms with Gasteiger partial charge in [-0.3, -0.25) is 14.2 Å². The van der Waals surface area contributed by atoms with E-state index in [1.807, 2.05) is 0 Å². The van der Waals surface area contributed by atoms with Crippen LogP contribution in [0.15, 0.2) is 36.9 Å². The maximum absolute atomic E-state index is 11.5. The number of aliphatic hydroxyl groups excluding tert-OH is 2. The highest BCUT2D eigenvalue weighted by Gasteiger charge is 2.44. The van der Waals surface area contributed by atoms with Crippen LogP contribution in [0.25, 0.3) is 11.2 Å². The Morgan fingerprint density at radius 2 is 1.97 bits per heavy atom. The summed E-state index contributed by atoms with van der Waals surface area (Å²) in [5, 5.41) is 21.5. The summed E-state index contributed by atoms with van der Waals surface area (Å²) in [7, 11) is 0. The van der Waals surface area contributed by atoms with Gasteiger partial charge in [-0.15, -0.1) is 0 Å². The average Bonchev–Trinajstić information content (AvgIpc) is 3.39. The first-order valence-corrected chi connectivity index (χ1v) is 11.4. The van der Waals surface area contributed by atoms with Crippen molar-refractivity contribution in [2.45, 2.75) is 50.2 Å². The molecule has 12 heteroatoms. The topological polar surface area (TPSA) is 205 Å². The highest BCUT2D eigenvalue weighted by atomic mass is 16.6. The molecule has 1 fully saturated rings. The lowest BCUT2D eigenvalue weighted by molar-refractivity contribution is -0.118. The van der Waals surface area contributed by atoms with Gasteiger partial charge in [0.05, 0.1) is 12.4 Å². The van der Waals surface area contributed by atoms with Gasteiger partial charge < -0.3 is 32.2 Å². The van der Waals surface area contributed by atoms with Gasteiger partial charge in [-0.2, -0.15) is 0 Å². The molecule has 4 rings (SSSR count). The van der Waals surface area contributed by atoms with Gasteiger partial charge in [0, 0.05) is 23.5 Å². The number of hydrogen-bond donors (Lipinski definition) is 5. The largest absolute Gasteiger partial charge is 0.388 e. The third kappa shape index (κ3) is 5.44. The van der Waals surface area contributed by atoms with Gasteiger partial charge in [0.1, 0.15) is 24.1 Å². The lowest BCUT2D eigenvalue weighted by atomic mass is 9.93. The Morgan fingerprint density at radius 1 is 1.17 bits per heavy atom. The molecule has 3 heterocycles. The lowest BCUT2D eigenvalue weighted by Crippen LogP contribution is -2.32. The molecular formula is C24H27N7O5. The van der Waals surface area contributed by atoms with Crippen LogP contribution >= 0.6 is 0 Å². The summed E-state index contributed by atoms with van der Waals surface area (Å²) in [6.07, 6.45) is 0.0138. The summed E-state index contributed by atoms with van der Waals surface area (Å²) in [4.78, 5) is 34.9. The van der Waals surface area contributed by atoms with Gasteiger partial charge in [0.15, 0.2) is 17.7 Å². The number of amides is 2. The summed E-state index contributed by atoms with van der Waals surface area (Å²) >= 11 is 0. The van der Waals surface area contributed by atoms with Crippen molar-refractivity contribution in [1.29, 1.82) is 0 Å². The predicted molar refractivity (Wildman–Crippen MR) is 129 cm³/mol. The number of anilines is 1. The molecule has 2 aromatic heterocycles. The molecule has 1 aliphatic rings. The van der Waals surface area contributed by atoms with E-state index in [9.17, 15) is 19.8 Å². The van der Waals surface area contributed by atoms with E-state index in [4.69, 9.17) is 21.9 Å². The Bertz CT molecular complexity index is 1330. The molecule has 8 N–H and O–H groups in total. The van der Waals surface area contributed by atoms with Crippen LogP contribution in [-0.2, 0) is 9.53 Å². The summed E-state index contributed by atoms with van der Waals surface area (Å²) in [5.74, 6) is 5.08. The van der Waals surface area contributed by atoms with Crippen molar-refractivity contribution in [1.82, 2.24) is 19.5 Å². The summed E-state index contributed by atoms with van der Waals surface area (Å²) in [5.41, 5.74) is 18.1. The summed E-state index contributed by atoms with van der Waals surface area (Å²) in [6, 6.07) is 6.62. The Labute approximate surface area is 206 Å². The molecule has 1 aliphatic heterocycles. The maximum Gasteiger partial charge on any atom is 0.248 e. The fourth-order valence-electron chi connectivity index (χ4n) is 4.20. The predicted octanol–water partition coefficient (Wildman–Crippen LogP) is -0.160. The van der Waals surface area contributed by atoms with Crippen LogP contribution in [0.4, 0.5) is 5.82 Å². The average molecular weight is 494 g/mol. The minimum absolute atomic E-state index is 0.188. The van der Waals surface area contributed by atoms with Gasteiger partial charge in [0.2, 0.25) is 11.8 Å². The number of benzene rings is 1. The fraction of sp³-hybridized carbons (Fsp3) is 0.375. The Morgan fingerprint density at radius 3 is 2.72 bits per heavy atom. The summed E-state index contributed by atoms with van der Waals surface area (Å²) < 4.78 is 7.54. The molecule has 3 aromatic rings. The van der Waals surface area contributed by atoms with Gasteiger partial charge in [-0.1, -0.05) is 17.9 Å². The minimum Gasteiger partial charge on any atom is -0.388 e. The molecule has 0 radical (unpaired) electrons. The second-order valence-electron chi connectivity index (χ2n) is 8.63. The van der Waals surface area contributed by atoms with Crippen LogP contribution in [0.1, 0.15) is 47.8 Å². The molecule has 2 amide bonds. The third-order valence-electron chi connectivity index (χ3n) is 6.06. The van der Waals surface area contributed by atoms with Gasteiger partial charge >= 0.3 is 0 Å². The number of aromatic nitrogens is 4. The zero-order chi connectivity index (χ0) is 25.8. The van der Waals surface area contributed by atoms with E-state index in [1.54, 1.807) is 24.3 Å². The molecule has 0 bridgehead atoms. The van der Waals surface area contributed by atoms with Crippen molar-refractivity contribution in [3.8, 4) is 11.8 Å². The second-order valence-corrected chi connectivity index (χ2v) is 8.63. The highest BCUT2D eigenvalue weighted by Crippen LogP contribution is 2.35. The summed E-state index contributed by atoms with van der Waals surface area (Å²) in [6.45, 7) is 0. The van der Waals surface area contributed by atoms with Crippen molar-refractivity contribution in [2.24, 2.45) is 17.4 Å². The molecule has 1 saturated heterocycles. The number of rotatable bonds is 8. The van der Waals surface area contributed by atoms with Crippen LogP contribution in [0.2, 0.25) is 0 Å². The van der Waals surface area contributed by atoms with Crippen LogP contribution < -0.4 is 17.2 Å². The number of nitrogens with two attached hydrogens (primary N) is 3. The number of carbonyl (C=O) groups is 2. The van der Waals surface area contributed by atoms with E-state index in [2.05, 4.69) is 26.8 Å². The number of imidazole rings is 1. The number of primary amides is 2. The number of nitrogen functional groups attached to an aromatic ring is 1. The fourth-order valence-corrected chi connectivity index (χ4v) is 4.20. The molecule has 1 aromatic carbocycles. The Hall–Kier alpha value is -4.05. The van der Waals surface area contributed by atoms with E-state index in [0.29, 0.717) is 35.1 Å². The normalized spacial score (nSPS) is 22.2. The highest BCUT2D eigenvalue weighted by molar-refractivity contribution is 5.93. The van der Waals surface area contributed by atoms with Gasteiger partial charge in [-0.05, 0) is 37.5 Å². The zero-order valence-corrected chi connectivity index (χ0v) is 19.3. The van der Waals surface area contributed by atoms with Gasteiger partial charge in [0.25, 0.3) is 0 Å². The van der Waals surface area contributed by atoms with E-state index in [-0.39, 0.29) is 24.6 Å². The van der Waals surface area contributed by atoms with E-state index in [1.165, 1.54) is 17.2 Å². The molecule has 0 spiro atoms. The standard InChI is InChI=1S/C24H27N7O5/c25-17(32)6-2-4-14(8-7-13-3-1-5-15(9-13)22(27)35)10-16-19(33)20(34)24(36-16)31-12-30-18-21(26)28-11-29-23(18)31/h1,3,5,9,11-12,14,16,19-20,24,33-34H,2,4,6,10H2,(H2,25,32)(H2,27,35)(H2,26,28,29)/t14-,16-,19-,20-,24-/m1/s1. The van der Waals surface area contributed by atoms with Crippen molar-refractivity contribution in [2.75, 3.05) is 5.73 Å². The quantitative estimate of drug-likeness (QED) is 0.264. The van der Waals surface area contributed by atoms with E-state index >= 15 is 0 Å². The smallest absolute Gasteiger partial charge is 0.248 e. The molecule has 0 aliphatic carbocycles. The monoisotopic (exact) mass is 493 g/mol. The number of hydrogen-bond acceptors (Lipinski definition) is 9. The van der Waals surface area contributed by atoms with Gasteiger partial charge in [-0.25, -0.2) is 15.0 Å². The zero-order valence-electron chi connectivity index (χ0n) is 19.3. The molecule has 0 saturated carbocycles. The number of ether oxygens (including phenoxy) is 1. The molecule has 36 heavy (non-hydrogen) atoms. The number of nitrogens with zero attached hydrogens (tertiary/aromatic N) is 4. The first kappa shape index (κ1) is 25.1. The minimum atomic E-state index is -1.25. The second kappa shape index (κ2) is 10.7. The van der Waals surface area contributed by atoms with E-state index in [0.717, 1.165) is 0 Å². The van der Waals surface area contributed by atoms with Crippen molar-refractivity contribution in [3.05, 3.63) is 48.0 Å². The van der Waals surface area contributed by atoms with Crippen molar-refractivity contribution < 1.29 is 24.5 Å². The number of fused-ring (bicyclic) bond motifs is 1. The van der Waals surface area contributed by atoms with E-state index < -0.39 is 36.4 Å². The number of carbonyl (C=O) groups excluding carboxylic acids is 2. The molecular weight excluding hydrogens is 466 g/mol. The maximum atomic E-state index is 11.5. The Balaban J connectivity index is 1.54. The first-order chi connectivity index (χ1) is 17.2. The van der Waals surface area contributed by atoms with Crippen LogP contribution in [0, 0.1) is 17.8 Å². The molecule has 12 nitrogen and oxygen atoms in total. The first-order valence-electron chi connectivity index (χ1n) is 11.4. The molecule has 0 unspecified atom stereocenters. The lowest BCUT2D eigenvalue weighted by Gasteiger charge is -2.19.